The number of nitrogens with zero attached hydrogens (tertiary/aromatic N) is 2. The maximum atomic E-state index is 11.9. The number of amides is 1. The van der Waals surface area contributed by atoms with Gasteiger partial charge in [-0.3, -0.25) is 9.48 Å². The molecule has 0 saturated heterocycles. The summed E-state index contributed by atoms with van der Waals surface area (Å²) in [5.41, 5.74) is 1.43. The first kappa shape index (κ1) is 14.7. The van der Waals surface area contributed by atoms with Crippen molar-refractivity contribution in [2.75, 3.05) is 19.6 Å². The standard InChI is InChI=1S/C12H22N4O2/c1-4-16-11(7-9(2)15-16)12(18)14-6-5-13-8-10(3)17/h7,10,13,17H,4-6,8H2,1-3H3,(H,14,18). The Morgan fingerprint density at radius 2 is 2.28 bits per heavy atom. The molecular formula is C12H22N4O2. The molecule has 1 heterocycles. The van der Waals surface area contributed by atoms with E-state index in [9.17, 15) is 4.79 Å². The molecule has 0 spiro atoms. The molecule has 0 aliphatic heterocycles. The fourth-order valence-electron chi connectivity index (χ4n) is 1.64. The molecule has 0 saturated carbocycles. The molecule has 1 aromatic heterocycles. The van der Waals surface area contributed by atoms with E-state index in [0.29, 0.717) is 31.9 Å². The summed E-state index contributed by atoms with van der Waals surface area (Å²) in [6, 6.07) is 1.78. The Bertz CT molecular complexity index is 387. The number of hydrogen-bond donors (Lipinski definition) is 3. The van der Waals surface area contributed by atoms with Crippen molar-refractivity contribution < 1.29 is 9.90 Å². The van der Waals surface area contributed by atoms with E-state index in [0.717, 1.165) is 5.69 Å². The topological polar surface area (TPSA) is 79.2 Å². The highest BCUT2D eigenvalue weighted by Crippen LogP contribution is 2.03. The number of rotatable bonds is 7. The SMILES string of the molecule is CCn1nc(C)cc1C(=O)NCCNCC(C)O. The summed E-state index contributed by atoms with van der Waals surface area (Å²) in [7, 11) is 0. The van der Waals surface area contributed by atoms with Gasteiger partial charge in [0.15, 0.2) is 0 Å². The summed E-state index contributed by atoms with van der Waals surface area (Å²) in [5, 5.41) is 19.1. The van der Waals surface area contributed by atoms with Gasteiger partial charge in [-0.05, 0) is 26.8 Å². The lowest BCUT2D eigenvalue weighted by Gasteiger charge is -2.08. The fourth-order valence-corrected chi connectivity index (χ4v) is 1.64. The lowest BCUT2D eigenvalue weighted by molar-refractivity contribution is 0.0943. The van der Waals surface area contributed by atoms with E-state index in [1.807, 2.05) is 13.8 Å². The molecule has 1 aromatic rings. The smallest absolute Gasteiger partial charge is 0.269 e. The van der Waals surface area contributed by atoms with Crippen molar-refractivity contribution >= 4 is 5.91 Å². The predicted molar refractivity (Wildman–Crippen MR) is 69.5 cm³/mol. The minimum atomic E-state index is -0.370. The van der Waals surface area contributed by atoms with Crippen LogP contribution >= 0.6 is 0 Å². The normalized spacial score (nSPS) is 12.4. The van der Waals surface area contributed by atoms with Crippen LogP contribution in [0.5, 0.6) is 0 Å². The number of carbonyl (C=O) groups excluding carboxylic acids is 1. The first-order valence-electron chi connectivity index (χ1n) is 6.26. The predicted octanol–water partition coefficient (Wildman–Crippen LogP) is -0.0884. The lowest BCUT2D eigenvalue weighted by atomic mass is 10.3. The first-order chi connectivity index (χ1) is 8.54. The summed E-state index contributed by atoms with van der Waals surface area (Å²) in [6.45, 7) is 7.91. The van der Waals surface area contributed by atoms with Crippen molar-refractivity contribution in [1.82, 2.24) is 20.4 Å². The number of aliphatic hydroxyl groups excluding tert-OH is 1. The van der Waals surface area contributed by atoms with Crippen LogP contribution in [0.15, 0.2) is 6.07 Å². The van der Waals surface area contributed by atoms with Crippen molar-refractivity contribution in [3.63, 3.8) is 0 Å². The largest absolute Gasteiger partial charge is 0.392 e. The maximum Gasteiger partial charge on any atom is 0.269 e. The molecule has 6 heteroatoms. The summed E-state index contributed by atoms with van der Waals surface area (Å²) in [5.74, 6) is -0.115. The van der Waals surface area contributed by atoms with Gasteiger partial charge >= 0.3 is 0 Å². The number of aromatic nitrogens is 2. The molecule has 3 N–H and O–H groups in total. The Balaban J connectivity index is 2.36. The second-order valence-corrected chi connectivity index (χ2v) is 4.30. The van der Waals surface area contributed by atoms with Gasteiger partial charge in [-0.1, -0.05) is 0 Å². The van der Waals surface area contributed by atoms with Crippen molar-refractivity contribution in [2.24, 2.45) is 0 Å². The van der Waals surface area contributed by atoms with Crippen LogP contribution in [0.4, 0.5) is 0 Å². The Hall–Kier alpha value is -1.40. The van der Waals surface area contributed by atoms with Crippen LogP contribution in [-0.2, 0) is 6.54 Å². The molecule has 0 aromatic carbocycles. The molecule has 6 nitrogen and oxygen atoms in total. The molecule has 0 fully saturated rings. The van der Waals surface area contributed by atoms with E-state index in [-0.39, 0.29) is 12.0 Å². The Labute approximate surface area is 107 Å². The van der Waals surface area contributed by atoms with Gasteiger partial charge < -0.3 is 15.7 Å². The minimum Gasteiger partial charge on any atom is -0.392 e. The zero-order chi connectivity index (χ0) is 13.5. The second kappa shape index (κ2) is 7.13. The number of hydrogen-bond acceptors (Lipinski definition) is 4. The number of aliphatic hydroxyl groups is 1. The van der Waals surface area contributed by atoms with Gasteiger partial charge in [0.2, 0.25) is 0 Å². The van der Waals surface area contributed by atoms with Crippen LogP contribution in [0, 0.1) is 6.92 Å². The Morgan fingerprint density at radius 1 is 1.56 bits per heavy atom. The molecule has 0 bridgehead atoms. The van der Waals surface area contributed by atoms with E-state index < -0.39 is 0 Å². The molecule has 1 atom stereocenters. The molecule has 0 aliphatic rings. The minimum absolute atomic E-state index is 0.115. The average molecular weight is 254 g/mol. The third kappa shape index (κ3) is 4.46. The summed E-state index contributed by atoms with van der Waals surface area (Å²) in [6.07, 6.45) is -0.370. The highest BCUT2D eigenvalue weighted by molar-refractivity contribution is 5.92. The van der Waals surface area contributed by atoms with Crippen molar-refractivity contribution in [2.45, 2.75) is 33.4 Å². The molecule has 18 heavy (non-hydrogen) atoms. The van der Waals surface area contributed by atoms with Gasteiger partial charge in [0.05, 0.1) is 11.8 Å². The van der Waals surface area contributed by atoms with Crippen LogP contribution in [0.25, 0.3) is 0 Å². The third-order valence-corrected chi connectivity index (χ3v) is 2.46. The molecule has 102 valence electrons. The number of nitrogens with one attached hydrogen (secondary N) is 2. The molecule has 1 amide bonds. The number of carbonyl (C=O) groups is 1. The maximum absolute atomic E-state index is 11.9. The fraction of sp³-hybridized carbons (Fsp3) is 0.667. The van der Waals surface area contributed by atoms with Gasteiger partial charge in [-0.15, -0.1) is 0 Å². The molecule has 0 radical (unpaired) electrons. The molecule has 1 unspecified atom stereocenters. The molecule has 0 aliphatic carbocycles. The quantitative estimate of drug-likeness (QED) is 0.594. The molecule has 1 rings (SSSR count). The highest BCUT2D eigenvalue weighted by Gasteiger charge is 2.11. The van der Waals surface area contributed by atoms with Crippen molar-refractivity contribution in [1.29, 1.82) is 0 Å². The van der Waals surface area contributed by atoms with Crippen LogP contribution in [-0.4, -0.2) is 46.5 Å². The van der Waals surface area contributed by atoms with Crippen LogP contribution in [0.2, 0.25) is 0 Å². The van der Waals surface area contributed by atoms with Crippen molar-refractivity contribution in [3.05, 3.63) is 17.5 Å². The first-order valence-corrected chi connectivity index (χ1v) is 6.26. The second-order valence-electron chi connectivity index (χ2n) is 4.30. The summed E-state index contributed by atoms with van der Waals surface area (Å²) >= 11 is 0. The monoisotopic (exact) mass is 254 g/mol. The van der Waals surface area contributed by atoms with Crippen molar-refractivity contribution in [3.8, 4) is 0 Å². The lowest BCUT2D eigenvalue weighted by Crippen LogP contribution is -2.35. The third-order valence-electron chi connectivity index (χ3n) is 2.46. The zero-order valence-corrected chi connectivity index (χ0v) is 11.2. The Morgan fingerprint density at radius 3 is 2.89 bits per heavy atom. The van der Waals surface area contributed by atoms with E-state index in [1.54, 1.807) is 17.7 Å². The zero-order valence-electron chi connectivity index (χ0n) is 11.2. The summed E-state index contributed by atoms with van der Waals surface area (Å²) < 4.78 is 1.69. The van der Waals surface area contributed by atoms with Crippen LogP contribution in [0.1, 0.15) is 30.0 Å². The van der Waals surface area contributed by atoms with Crippen LogP contribution in [0.3, 0.4) is 0 Å². The number of aryl methyl sites for hydroxylation is 2. The van der Waals surface area contributed by atoms with Gasteiger partial charge in [0, 0.05) is 26.2 Å². The average Bonchev–Trinajstić information content (AvgIpc) is 2.69. The Kier molecular flexibility index (Phi) is 5.80. The van der Waals surface area contributed by atoms with E-state index in [4.69, 9.17) is 5.11 Å². The van der Waals surface area contributed by atoms with Gasteiger partial charge in [0.25, 0.3) is 5.91 Å². The van der Waals surface area contributed by atoms with Gasteiger partial charge in [-0.25, -0.2) is 0 Å². The van der Waals surface area contributed by atoms with Gasteiger partial charge in [-0.2, -0.15) is 5.10 Å². The van der Waals surface area contributed by atoms with Gasteiger partial charge in [0.1, 0.15) is 5.69 Å². The van der Waals surface area contributed by atoms with E-state index in [2.05, 4.69) is 15.7 Å². The van der Waals surface area contributed by atoms with Crippen LogP contribution < -0.4 is 10.6 Å². The molecular weight excluding hydrogens is 232 g/mol. The summed E-state index contributed by atoms with van der Waals surface area (Å²) in [4.78, 5) is 11.9. The highest BCUT2D eigenvalue weighted by atomic mass is 16.3. The van der Waals surface area contributed by atoms with E-state index in [1.165, 1.54) is 0 Å². The van der Waals surface area contributed by atoms with E-state index >= 15 is 0 Å².